The first-order valence-electron chi connectivity index (χ1n) is 32.3. The summed E-state index contributed by atoms with van der Waals surface area (Å²) in [6, 6.07) is -1.12. The Morgan fingerprint density at radius 2 is 1.55 bits per heavy atom. The number of ketones is 4. The third kappa shape index (κ3) is 13.6. The van der Waals surface area contributed by atoms with Crippen molar-refractivity contribution in [2.24, 2.45) is 58.2 Å². The van der Waals surface area contributed by atoms with E-state index in [4.69, 9.17) is 51.6 Å². The summed E-state index contributed by atoms with van der Waals surface area (Å²) in [7, 11) is 4.71. The number of aliphatic hydroxyl groups is 3. The lowest BCUT2D eigenvalue weighted by Gasteiger charge is -2.62. The topological polar surface area (TPSA) is 239 Å². The molecule has 0 aromatic rings. The van der Waals surface area contributed by atoms with Gasteiger partial charge in [-0.2, -0.15) is 0 Å². The third-order valence-corrected chi connectivity index (χ3v) is 22.9. The van der Waals surface area contributed by atoms with Gasteiger partial charge in [0.15, 0.2) is 22.8 Å². The number of nitrogens with zero attached hydrogens (tertiary/aromatic N) is 1. The number of methoxy groups -OCH3 is 3. The van der Waals surface area contributed by atoms with Crippen molar-refractivity contribution in [1.29, 1.82) is 0 Å². The number of fused-ring (bicyclic) bond motifs is 8. The van der Waals surface area contributed by atoms with Crippen molar-refractivity contribution in [2.75, 3.05) is 33.8 Å². The number of carbonyl (C=O) groups is 7. The number of aliphatic hydroxyl groups excluding tert-OH is 2. The second kappa shape index (κ2) is 29.1. The van der Waals surface area contributed by atoms with Gasteiger partial charge in [0.25, 0.3) is 11.7 Å². The molecule has 3 heterocycles. The van der Waals surface area contributed by atoms with Crippen LogP contribution in [0.2, 0.25) is 0 Å². The molecular formula is C68H100Cl2FNO16. The minimum Gasteiger partial charge on any atom is -0.456 e. The molecule has 2 saturated heterocycles. The van der Waals surface area contributed by atoms with Gasteiger partial charge in [0.05, 0.1) is 41.8 Å². The van der Waals surface area contributed by atoms with Crippen LogP contribution < -0.4 is 0 Å². The molecule has 0 unspecified atom stereocenters. The van der Waals surface area contributed by atoms with Crippen LogP contribution in [-0.4, -0.2) is 166 Å². The molecule has 20 heteroatoms. The maximum Gasteiger partial charge on any atom is 0.329 e. The third-order valence-electron chi connectivity index (χ3n) is 22.1. The van der Waals surface area contributed by atoms with E-state index in [-0.39, 0.29) is 97.0 Å². The van der Waals surface area contributed by atoms with Gasteiger partial charge in [-0.15, -0.1) is 23.2 Å². The van der Waals surface area contributed by atoms with Crippen LogP contribution in [0.5, 0.6) is 0 Å². The Morgan fingerprint density at radius 3 is 2.18 bits per heavy atom. The molecular weight excluding hydrogens is 1180 g/mol. The number of allylic oxidation sites excluding steroid dienone is 7. The Labute approximate surface area is 530 Å². The molecule has 0 spiro atoms. The summed E-state index contributed by atoms with van der Waals surface area (Å²) in [6.07, 6.45) is 9.83. The number of halogens is 3. The number of amides is 1. The maximum absolute atomic E-state index is 17.2. The standard InChI is InChI=1S/C43H68ClNO11.C25H32ClFO5/c1-10-30-18-24(2)17-25(3)19-36(53-8)39-37(54-9)21-27(5)43(51,56-39)40(48)41(49)45-16-12-11-13-32(45)42(50)55-38(28(6)33(46)23-34(30)47)26(4)20-29-14-15-31(44)35(22-29)52-7;1-5-21(31)32-25(20(30)13-26)14(2)10-18-17-7-6-15-11-16(28)8-9-22(15,3)24(17,27)19(29)12-23(18,25)4/h18,20,25,27-33,35-39,46,51H,10-17,19,21-23H2,1-9H3;8-9,11,14,17-19,29H,5-7,10,12-13H2,1-4H3/b24-18+,26-20+;/t25-,27+,28+,29-,30+,31-,32-,33-,35+,36-,37-,38+,39+,43+;14-,17-,18-,19-,22-,23-,24-,25-/m00/s1. The molecule has 0 aromatic heterocycles. The minimum absolute atomic E-state index is 0.0285. The van der Waals surface area contributed by atoms with Crippen molar-refractivity contribution in [1.82, 2.24) is 4.90 Å². The van der Waals surface area contributed by atoms with Crippen LogP contribution in [-0.2, 0) is 62.0 Å². The molecule has 2 bridgehead atoms. The van der Waals surface area contributed by atoms with Gasteiger partial charge in [0, 0.05) is 81.1 Å². The number of rotatable bonds is 10. The van der Waals surface area contributed by atoms with Crippen LogP contribution in [0.15, 0.2) is 47.1 Å². The van der Waals surface area contributed by atoms with Gasteiger partial charge < -0.3 is 48.6 Å². The molecule has 8 aliphatic rings. The van der Waals surface area contributed by atoms with Crippen LogP contribution in [0.25, 0.3) is 0 Å². The van der Waals surface area contributed by atoms with Gasteiger partial charge >= 0.3 is 11.9 Å². The number of hydrogen-bond donors (Lipinski definition) is 3. The minimum atomic E-state index is -2.49. The largest absolute Gasteiger partial charge is 0.456 e. The fourth-order valence-electron chi connectivity index (χ4n) is 17.1. The normalized spacial score (nSPS) is 43.6. The van der Waals surface area contributed by atoms with E-state index in [1.54, 1.807) is 40.9 Å². The first kappa shape index (κ1) is 71.7. The monoisotopic (exact) mass is 1280 g/mol. The fraction of sp³-hybridized carbons (Fsp3) is 0.779. The number of ether oxygens (including phenoxy) is 6. The van der Waals surface area contributed by atoms with Crippen molar-refractivity contribution in [3.8, 4) is 0 Å². The molecule has 22 atom stereocenters. The van der Waals surface area contributed by atoms with Gasteiger partial charge in [-0.1, -0.05) is 77.8 Å². The van der Waals surface area contributed by atoms with Crippen LogP contribution in [0, 0.1) is 58.2 Å². The zero-order valence-corrected chi connectivity index (χ0v) is 55.7. The summed E-state index contributed by atoms with van der Waals surface area (Å²) in [5.41, 5.74) is -3.13. The molecule has 5 aliphatic carbocycles. The van der Waals surface area contributed by atoms with Crippen LogP contribution in [0.1, 0.15) is 172 Å². The predicted octanol–water partition coefficient (Wildman–Crippen LogP) is 9.82. The second-order valence-electron chi connectivity index (χ2n) is 27.6. The highest BCUT2D eigenvalue weighted by atomic mass is 35.5. The van der Waals surface area contributed by atoms with Gasteiger partial charge in [-0.05, 0) is 146 Å². The molecule has 3 N–H and O–H groups in total. The van der Waals surface area contributed by atoms with E-state index in [9.17, 15) is 48.9 Å². The second-order valence-corrected chi connectivity index (χ2v) is 28.5. The summed E-state index contributed by atoms with van der Waals surface area (Å²) in [4.78, 5) is 95.4. The number of alkyl halides is 3. The summed E-state index contributed by atoms with van der Waals surface area (Å²) in [5, 5.41) is 35.0. The Morgan fingerprint density at radius 1 is 0.875 bits per heavy atom. The average molecular weight is 1280 g/mol. The zero-order chi connectivity index (χ0) is 65.2. The Hall–Kier alpha value is -3.72. The molecule has 17 nitrogen and oxygen atoms in total. The van der Waals surface area contributed by atoms with Gasteiger partial charge in [-0.3, -0.25) is 28.8 Å². The predicted molar refractivity (Wildman–Crippen MR) is 329 cm³/mol. The Balaban J connectivity index is 0.000000290. The van der Waals surface area contributed by atoms with Crippen molar-refractivity contribution in [2.45, 2.75) is 243 Å². The molecule has 0 radical (unpaired) electrons. The Kier molecular flexibility index (Phi) is 23.7. The van der Waals surface area contributed by atoms with Crippen molar-refractivity contribution < 1.29 is 81.7 Å². The van der Waals surface area contributed by atoms with E-state index in [0.29, 0.717) is 68.9 Å². The van der Waals surface area contributed by atoms with Gasteiger partial charge in [0.2, 0.25) is 5.79 Å². The van der Waals surface area contributed by atoms with E-state index in [2.05, 4.69) is 6.92 Å². The maximum atomic E-state index is 17.2. The number of piperidine rings is 1. The van der Waals surface area contributed by atoms with Crippen LogP contribution in [0.4, 0.5) is 4.39 Å². The van der Waals surface area contributed by atoms with E-state index < -0.39 is 118 Å². The average Bonchev–Trinajstić information content (AvgIpc) is 1.36. The SMILES string of the molecule is CCC(=O)O[C@]1(C(=O)CCl)[C@@H](C)C[C@H]2[C@@H]3CCC4=CC(=O)C=C[C@]4(C)[C@@]3(F)[C@@H](O)C[C@@]21C.CC[C@@H]1/C=C(\C)C[C@H](C)C[C@H](OC)[C@H]2O[C@@](O)(C(=O)C(=O)N3CCCC[C@H]3C(=O)O[C@H](/C(C)=C/[C@@H]3CC[C@H](Cl)[C@H](OC)C3)[C@H](C)[C@@H](O)CC1=O)[C@H](C)C[C@@H]2OC. The summed E-state index contributed by atoms with van der Waals surface area (Å²) < 4.78 is 53.0. The molecule has 88 heavy (non-hydrogen) atoms. The molecule has 3 aliphatic heterocycles. The number of carbonyl (C=O) groups excluding carboxylic acids is 7. The van der Waals surface area contributed by atoms with Crippen molar-refractivity contribution >= 4 is 64.2 Å². The number of cyclic esters (lactones) is 1. The molecule has 8 rings (SSSR count). The Bertz CT molecular complexity index is 2720. The highest BCUT2D eigenvalue weighted by Gasteiger charge is 2.77. The fourth-order valence-corrected chi connectivity index (χ4v) is 17.6. The first-order valence-corrected chi connectivity index (χ1v) is 33.3. The molecule has 0 aromatic carbocycles. The number of esters is 2. The quantitative estimate of drug-likeness (QED) is 0.0798. The van der Waals surface area contributed by atoms with E-state index in [1.807, 2.05) is 46.8 Å². The van der Waals surface area contributed by atoms with Crippen molar-refractivity contribution in [3.05, 3.63) is 47.1 Å². The lowest BCUT2D eigenvalue weighted by molar-refractivity contribution is -0.302. The van der Waals surface area contributed by atoms with E-state index in [1.165, 1.54) is 31.3 Å². The molecule has 6 fully saturated rings. The molecule has 1 amide bonds. The number of Topliss-reactive ketones (excluding diaryl/α,β-unsaturated/α-hetero) is 3. The van der Waals surface area contributed by atoms with Crippen LogP contribution >= 0.6 is 23.2 Å². The summed E-state index contributed by atoms with van der Waals surface area (Å²) in [6.45, 7) is 18.5. The lowest BCUT2D eigenvalue weighted by atomic mass is 9.44. The van der Waals surface area contributed by atoms with Gasteiger partial charge in [0.1, 0.15) is 24.0 Å². The summed E-state index contributed by atoms with van der Waals surface area (Å²) >= 11 is 12.5. The summed E-state index contributed by atoms with van der Waals surface area (Å²) in [5.74, 6) is -9.88. The lowest BCUT2D eigenvalue weighted by Crippen LogP contribution is -2.70. The van der Waals surface area contributed by atoms with Gasteiger partial charge in [-0.25, -0.2) is 9.18 Å². The van der Waals surface area contributed by atoms with Crippen molar-refractivity contribution in [3.63, 3.8) is 0 Å². The van der Waals surface area contributed by atoms with E-state index in [0.717, 1.165) is 18.4 Å². The molecule has 4 saturated carbocycles. The van der Waals surface area contributed by atoms with Crippen LogP contribution in [0.3, 0.4) is 0 Å². The number of hydrogen-bond acceptors (Lipinski definition) is 16. The highest BCUT2D eigenvalue weighted by molar-refractivity contribution is 6.39. The molecule has 494 valence electrons. The zero-order valence-electron chi connectivity index (χ0n) is 54.2. The first-order chi connectivity index (χ1) is 41.4. The smallest absolute Gasteiger partial charge is 0.329 e. The van der Waals surface area contributed by atoms with E-state index >= 15 is 4.39 Å². The highest BCUT2D eigenvalue weighted by Crippen LogP contribution is 2.71.